The third-order valence-electron chi connectivity index (χ3n) is 4.30. The fourth-order valence-corrected chi connectivity index (χ4v) is 3.11. The second-order valence-corrected chi connectivity index (χ2v) is 6.38. The summed E-state index contributed by atoms with van der Waals surface area (Å²) >= 11 is 0. The number of nitrogens with one attached hydrogen (secondary N) is 1. The number of aliphatic carboxylic acids is 1. The van der Waals surface area contributed by atoms with E-state index in [4.69, 9.17) is 0 Å². The lowest BCUT2D eigenvalue weighted by atomic mass is 9.76. The lowest BCUT2D eigenvalue weighted by Crippen LogP contribution is -2.57. The molecule has 0 bridgehead atoms. The summed E-state index contributed by atoms with van der Waals surface area (Å²) in [5, 5.41) is 12.4. The van der Waals surface area contributed by atoms with E-state index >= 15 is 0 Å². The van der Waals surface area contributed by atoms with Crippen LogP contribution in [-0.2, 0) is 9.59 Å². The molecule has 1 atom stereocenters. The average molecular weight is 284 g/mol. The molecule has 2 N–H and O–H groups in total. The molecule has 1 heterocycles. The highest BCUT2D eigenvalue weighted by molar-refractivity contribution is 5.80. The Morgan fingerprint density at radius 2 is 1.95 bits per heavy atom. The van der Waals surface area contributed by atoms with Gasteiger partial charge >= 0.3 is 5.97 Å². The molecule has 1 aliphatic rings. The maximum atomic E-state index is 12.1. The van der Waals surface area contributed by atoms with E-state index in [0.29, 0.717) is 6.54 Å². The molecule has 5 heteroatoms. The number of hydrogen-bond acceptors (Lipinski definition) is 3. The van der Waals surface area contributed by atoms with Gasteiger partial charge in [-0.25, -0.2) is 0 Å². The van der Waals surface area contributed by atoms with E-state index in [9.17, 15) is 14.7 Å². The molecule has 0 saturated carbocycles. The van der Waals surface area contributed by atoms with E-state index in [1.807, 2.05) is 32.6 Å². The van der Waals surface area contributed by atoms with Gasteiger partial charge in [-0.05, 0) is 37.6 Å². The van der Waals surface area contributed by atoms with Crippen molar-refractivity contribution in [2.45, 2.75) is 65.5 Å². The zero-order chi connectivity index (χ0) is 15.3. The fourth-order valence-electron chi connectivity index (χ4n) is 3.11. The van der Waals surface area contributed by atoms with Crippen molar-refractivity contribution in [2.24, 2.45) is 5.41 Å². The van der Waals surface area contributed by atoms with E-state index in [0.717, 1.165) is 25.7 Å². The SMILES string of the molecule is CCC(CC)NC(=O)CN1CCCC(C)(C)C1C(=O)O. The van der Waals surface area contributed by atoms with E-state index in [1.54, 1.807) is 0 Å². The molecule has 0 aromatic heterocycles. The van der Waals surface area contributed by atoms with Crippen LogP contribution in [-0.4, -0.2) is 47.1 Å². The minimum absolute atomic E-state index is 0.0670. The van der Waals surface area contributed by atoms with Crippen LogP contribution < -0.4 is 5.32 Å². The van der Waals surface area contributed by atoms with Gasteiger partial charge in [0.25, 0.3) is 0 Å². The molecule has 1 rings (SSSR count). The van der Waals surface area contributed by atoms with Gasteiger partial charge < -0.3 is 10.4 Å². The van der Waals surface area contributed by atoms with Crippen LogP contribution in [0, 0.1) is 5.41 Å². The first-order valence-electron chi connectivity index (χ1n) is 7.58. The Kier molecular flexibility index (Phi) is 5.99. The summed E-state index contributed by atoms with van der Waals surface area (Å²) in [5.41, 5.74) is -0.292. The number of piperidine rings is 1. The Hall–Kier alpha value is -1.10. The van der Waals surface area contributed by atoms with Crippen molar-refractivity contribution < 1.29 is 14.7 Å². The quantitative estimate of drug-likeness (QED) is 0.781. The second-order valence-electron chi connectivity index (χ2n) is 6.38. The third kappa shape index (κ3) is 4.20. The van der Waals surface area contributed by atoms with Gasteiger partial charge in [0.05, 0.1) is 6.54 Å². The van der Waals surface area contributed by atoms with Gasteiger partial charge in [-0.2, -0.15) is 0 Å². The maximum Gasteiger partial charge on any atom is 0.321 e. The molecule has 0 spiro atoms. The van der Waals surface area contributed by atoms with Crippen molar-refractivity contribution in [2.75, 3.05) is 13.1 Å². The van der Waals surface area contributed by atoms with Gasteiger partial charge in [0.15, 0.2) is 0 Å². The van der Waals surface area contributed by atoms with Crippen LogP contribution >= 0.6 is 0 Å². The smallest absolute Gasteiger partial charge is 0.321 e. The van der Waals surface area contributed by atoms with E-state index < -0.39 is 12.0 Å². The molecule has 20 heavy (non-hydrogen) atoms. The zero-order valence-electron chi connectivity index (χ0n) is 13.1. The normalized spacial score (nSPS) is 22.8. The molecule has 0 radical (unpaired) electrons. The van der Waals surface area contributed by atoms with E-state index in [2.05, 4.69) is 5.32 Å². The van der Waals surface area contributed by atoms with Crippen molar-refractivity contribution in [3.05, 3.63) is 0 Å². The number of nitrogens with zero attached hydrogens (tertiary/aromatic N) is 1. The van der Waals surface area contributed by atoms with E-state index in [1.165, 1.54) is 0 Å². The Bertz CT molecular complexity index is 351. The summed E-state index contributed by atoms with van der Waals surface area (Å²) in [6, 6.07) is -0.396. The second kappa shape index (κ2) is 7.07. The summed E-state index contributed by atoms with van der Waals surface area (Å²) in [7, 11) is 0. The summed E-state index contributed by atoms with van der Waals surface area (Å²) in [6.45, 7) is 8.87. The topological polar surface area (TPSA) is 69.6 Å². The van der Waals surface area contributed by atoms with Gasteiger partial charge in [0.1, 0.15) is 6.04 Å². The third-order valence-corrected chi connectivity index (χ3v) is 4.30. The minimum atomic E-state index is -0.829. The first-order chi connectivity index (χ1) is 9.31. The first-order valence-corrected chi connectivity index (χ1v) is 7.58. The molecule has 116 valence electrons. The largest absolute Gasteiger partial charge is 0.480 e. The molecular weight excluding hydrogens is 256 g/mol. The monoisotopic (exact) mass is 284 g/mol. The first kappa shape index (κ1) is 17.0. The number of carbonyl (C=O) groups excluding carboxylic acids is 1. The molecule has 5 nitrogen and oxygen atoms in total. The standard InChI is InChI=1S/C15H28N2O3/c1-5-11(6-2)16-12(18)10-17-9-7-8-15(3,4)13(17)14(19)20/h11,13H,5-10H2,1-4H3,(H,16,18)(H,19,20). The maximum absolute atomic E-state index is 12.1. The molecule has 0 aromatic rings. The predicted octanol–water partition coefficient (Wildman–Crippen LogP) is 1.87. The van der Waals surface area contributed by atoms with Crippen LogP contribution in [0.25, 0.3) is 0 Å². The molecule has 0 aliphatic carbocycles. The van der Waals surface area contributed by atoms with Gasteiger partial charge in [-0.15, -0.1) is 0 Å². The summed E-state index contributed by atoms with van der Waals surface area (Å²) < 4.78 is 0. The highest BCUT2D eigenvalue weighted by Crippen LogP contribution is 2.35. The number of carboxylic acid groups (broad SMARTS) is 1. The van der Waals surface area contributed by atoms with Crippen LogP contribution in [0.1, 0.15) is 53.4 Å². The van der Waals surface area contributed by atoms with Crippen molar-refractivity contribution in [1.82, 2.24) is 10.2 Å². The van der Waals surface area contributed by atoms with Crippen LogP contribution in [0.5, 0.6) is 0 Å². The Labute approximate surface area is 121 Å². The summed E-state index contributed by atoms with van der Waals surface area (Å²) in [5.74, 6) is -0.896. The van der Waals surface area contributed by atoms with Gasteiger partial charge in [0.2, 0.25) is 5.91 Å². The number of carbonyl (C=O) groups is 2. The number of likely N-dealkylation sites (tertiary alicyclic amines) is 1. The van der Waals surface area contributed by atoms with Crippen LogP contribution in [0.2, 0.25) is 0 Å². The summed E-state index contributed by atoms with van der Waals surface area (Å²) in [4.78, 5) is 25.4. The molecule has 0 aromatic carbocycles. The van der Waals surface area contributed by atoms with Gasteiger partial charge in [-0.3, -0.25) is 14.5 Å². The van der Waals surface area contributed by atoms with Gasteiger partial charge in [-0.1, -0.05) is 27.7 Å². The lowest BCUT2D eigenvalue weighted by molar-refractivity contribution is -0.151. The van der Waals surface area contributed by atoms with E-state index in [-0.39, 0.29) is 23.9 Å². The molecule has 1 aliphatic heterocycles. The Morgan fingerprint density at radius 3 is 2.45 bits per heavy atom. The Morgan fingerprint density at radius 1 is 1.35 bits per heavy atom. The van der Waals surface area contributed by atoms with Crippen molar-refractivity contribution in [3.63, 3.8) is 0 Å². The molecule has 1 unspecified atom stereocenters. The lowest BCUT2D eigenvalue weighted by Gasteiger charge is -2.43. The number of rotatable bonds is 6. The number of hydrogen-bond donors (Lipinski definition) is 2. The van der Waals surface area contributed by atoms with Crippen LogP contribution in [0.4, 0.5) is 0 Å². The van der Waals surface area contributed by atoms with Crippen molar-refractivity contribution in [1.29, 1.82) is 0 Å². The number of carboxylic acids is 1. The van der Waals surface area contributed by atoms with Crippen LogP contribution in [0.3, 0.4) is 0 Å². The predicted molar refractivity (Wildman–Crippen MR) is 78.5 cm³/mol. The summed E-state index contributed by atoms with van der Waals surface area (Å²) in [6.07, 6.45) is 3.62. The molecule has 1 amide bonds. The molecule has 1 fully saturated rings. The van der Waals surface area contributed by atoms with Crippen LogP contribution in [0.15, 0.2) is 0 Å². The minimum Gasteiger partial charge on any atom is -0.480 e. The number of amides is 1. The highest BCUT2D eigenvalue weighted by atomic mass is 16.4. The van der Waals surface area contributed by atoms with Gasteiger partial charge in [0, 0.05) is 6.04 Å². The molecule has 1 saturated heterocycles. The Balaban J connectivity index is 2.69. The fraction of sp³-hybridized carbons (Fsp3) is 0.867. The van der Waals surface area contributed by atoms with Crippen molar-refractivity contribution in [3.8, 4) is 0 Å². The molecular formula is C15H28N2O3. The zero-order valence-corrected chi connectivity index (χ0v) is 13.1. The van der Waals surface area contributed by atoms with Crippen molar-refractivity contribution >= 4 is 11.9 Å². The highest BCUT2D eigenvalue weighted by Gasteiger charge is 2.42. The average Bonchev–Trinajstić information content (AvgIpc) is 2.34.